The molecular weight excluding hydrogens is 328 g/mol. The molecule has 0 heterocycles. The summed E-state index contributed by atoms with van der Waals surface area (Å²) in [6.07, 6.45) is 0. The second-order valence-corrected chi connectivity index (χ2v) is 7.00. The molecule has 0 aromatic heterocycles. The molecule has 0 unspecified atom stereocenters. The Morgan fingerprint density at radius 1 is 0.600 bits per heavy atom. The summed E-state index contributed by atoms with van der Waals surface area (Å²) in [4.78, 5) is 12.9. The van der Waals surface area contributed by atoms with Crippen LogP contribution in [0.2, 0.25) is 5.02 Å². The van der Waals surface area contributed by atoms with Gasteiger partial charge < -0.3 is 0 Å². The minimum atomic E-state index is 0.0680. The van der Waals surface area contributed by atoms with Crippen molar-refractivity contribution in [2.24, 2.45) is 0 Å². The first-order valence-electron chi connectivity index (χ1n) is 8.29. The largest absolute Gasteiger partial charge is 0.289 e. The van der Waals surface area contributed by atoms with E-state index in [1.54, 1.807) is 0 Å². The van der Waals surface area contributed by atoms with Crippen molar-refractivity contribution in [3.63, 3.8) is 0 Å². The molecule has 2 aliphatic rings. The highest BCUT2D eigenvalue weighted by molar-refractivity contribution is 6.41. The maximum atomic E-state index is 12.9. The summed E-state index contributed by atoms with van der Waals surface area (Å²) in [5.41, 5.74) is 7.73. The number of ketones is 1. The van der Waals surface area contributed by atoms with E-state index in [4.69, 9.17) is 11.6 Å². The quantitative estimate of drug-likeness (QED) is 0.315. The molecule has 0 fully saturated rings. The molecule has 0 spiro atoms. The maximum Gasteiger partial charge on any atom is 0.194 e. The summed E-state index contributed by atoms with van der Waals surface area (Å²) in [5.74, 6) is 0.0680. The van der Waals surface area contributed by atoms with Crippen molar-refractivity contribution in [2.45, 2.75) is 0 Å². The fraction of sp³-hybridized carbons (Fsp3) is 0. The van der Waals surface area contributed by atoms with Gasteiger partial charge in [-0.3, -0.25) is 4.79 Å². The predicted octanol–water partition coefficient (Wildman–Crippen LogP) is 6.35. The summed E-state index contributed by atoms with van der Waals surface area (Å²) in [7, 11) is 0. The number of carbonyl (C=O) groups excluding carboxylic acids is 1. The Labute approximate surface area is 149 Å². The van der Waals surface area contributed by atoms with E-state index in [0.717, 1.165) is 44.5 Å². The van der Waals surface area contributed by atoms with Gasteiger partial charge in [-0.15, -0.1) is 0 Å². The number of halogens is 1. The Balaban J connectivity index is 1.80. The van der Waals surface area contributed by atoms with Gasteiger partial charge in [0, 0.05) is 22.3 Å². The topological polar surface area (TPSA) is 17.1 Å². The molecule has 0 saturated carbocycles. The second-order valence-electron chi connectivity index (χ2n) is 6.62. The Hall–Kier alpha value is -2.90. The highest BCUT2D eigenvalue weighted by Gasteiger charge is 2.34. The van der Waals surface area contributed by atoms with Gasteiger partial charge in [-0.05, 0) is 39.1 Å². The van der Waals surface area contributed by atoms with Crippen molar-refractivity contribution in [3.05, 3.63) is 82.9 Å². The van der Waals surface area contributed by atoms with E-state index in [1.165, 1.54) is 10.8 Å². The van der Waals surface area contributed by atoms with Gasteiger partial charge in [-0.1, -0.05) is 72.3 Å². The van der Waals surface area contributed by atoms with E-state index in [1.807, 2.05) is 30.3 Å². The molecule has 1 nitrogen and oxygen atoms in total. The van der Waals surface area contributed by atoms with Crippen LogP contribution >= 0.6 is 11.6 Å². The number of carbonyl (C=O) groups is 1. The van der Waals surface area contributed by atoms with Gasteiger partial charge in [0.05, 0.1) is 5.02 Å². The van der Waals surface area contributed by atoms with Crippen molar-refractivity contribution in [1.82, 2.24) is 0 Å². The van der Waals surface area contributed by atoms with Gasteiger partial charge in [0.25, 0.3) is 0 Å². The van der Waals surface area contributed by atoms with Crippen LogP contribution in [0.15, 0.2) is 66.7 Å². The van der Waals surface area contributed by atoms with Gasteiger partial charge in [0.2, 0.25) is 0 Å². The molecular formula is C23H11ClO. The van der Waals surface area contributed by atoms with E-state index in [9.17, 15) is 4.79 Å². The Kier molecular flexibility index (Phi) is 2.35. The lowest BCUT2D eigenvalue weighted by Gasteiger charge is -2.10. The van der Waals surface area contributed by atoms with Crippen molar-refractivity contribution in [3.8, 4) is 33.4 Å². The average molecular weight is 339 g/mol. The number of fused-ring (bicyclic) bond motifs is 6. The zero-order valence-electron chi connectivity index (χ0n) is 13.1. The number of hydrogen-bond acceptors (Lipinski definition) is 1. The van der Waals surface area contributed by atoms with Crippen LogP contribution in [0.4, 0.5) is 0 Å². The maximum absolute atomic E-state index is 12.9. The molecule has 0 N–H and O–H groups in total. The standard InChI is InChI=1S/C23H11ClO/c24-22-20-13-7-1-2-8-15(13)23(25)18(20)11-17-14-9-3-5-12-6-4-10-16(19(12)14)21(17)22/h1-11H. The lowest BCUT2D eigenvalue weighted by Crippen LogP contribution is -1.95. The molecule has 0 atom stereocenters. The number of hydrogen-bond donors (Lipinski definition) is 0. The lowest BCUT2D eigenvalue weighted by molar-refractivity contribution is 0.104. The van der Waals surface area contributed by atoms with E-state index in [-0.39, 0.29) is 5.78 Å². The second kappa shape index (κ2) is 4.38. The van der Waals surface area contributed by atoms with Crippen LogP contribution in [-0.2, 0) is 0 Å². The zero-order chi connectivity index (χ0) is 16.7. The Bertz CT molecular complexity index is 1260. The highest BCUT2D eigenvalue weighted by Crippen LogP contribution is 2.55. The molecule has 4 aromatic rings. The monoisotopic (exact) mass is 338 g/mol. The first-order valence-corrected chi connectivity index (χ1v) is 8.66. The minimum Gasteiger partial charge on any atom is -0.289 e. The van der Waals surface area contributed by atoms with E-state index >= 15 is 0 Å². The van der Waals surface area contributed by atoms with Crippen molar-refractivity contribution < 1.29 is 4.79 Å². The van der Waals surface area contributed by atoms with Crippen molar-refractivity contribution >= 4 is 28.2 Å². The number of rotatable bonds is 0. The molecule has 116 valence electrons. The molecule has 0 amide bonds. The van der Waals surface area contributed by atoms with Gasteiger partial charge in [-0.2, -0.15) is 0 Å². The molecule has 2 heteroatoms. The van der Waals surface area contributed by atoms with E-state index < -0.39 is 0 Å². The summed E-state index contributed by atoms with van der Waals surface area (Å²) in [5, 5.41) is 3.12. The Morgan fingerprint density at radius 3 is 2.04 bits per heavy atom. The fourth-order valence-corrected chi connectivity index (χ4v) is 4.79. The van der Waals surface area contributed by atoms with Crippen LogP contribution in [0, 0.1) is 0 Å². The summed E-state index contributed by atoms with van der Waals surface area (Å²) in [6, 6.07) is 22.4. The van der Waals surface area contributed by atoms with Crippen molar-refractivity contribution in [1.29, 1.82) is 0 Å². The van der Waals surface area contributed by atoms with Gasteiger partial charge in [0.15, 0.2) is 5.78 Å². The Morgan fingerprint density at radius 2 is 1.24 bits per heavy atom. The van der Waals surface area contributed by atoms with Gasteiger partial charge in [-0.25, -0.2) is 0 Å². The third kappa shape index (κ3) is 1.48. The molecule has 0 aliphatic heterocycles. The van der Waals surface area contributed by atoms with Crippen LogP contribution < -0.4 is 0 Å². The molecule has 6 rings (SSSR count). The van der Waals surface area contributed by atoms with Crippen LogP contribution in [0.25, 0.3) is 44.2 Å². The van der Waals surface area contributed by atoms with Gasteiger partial charge in [0.1, 0.15) is 0 Å². The molecule has 2 aliphatic carbocycles. The molecule has 0 radical (unpaired) electrons. The van der Waals surface area contributed by atoms with E-state index in [0.29, 0.717) is 5.02 Å². The fourth-order valence-electron chi connectivity index (χ4n) is 4.39. The molecule has 0 saturated heterocycles. The summed E-state index contributed by atoms with van der Waals surface area (Å²) in [6.45, 7) is 0. The smallest absolute Gasteiger partial charge is 0.194 e. The van der Waals surface area contributed by atoms with Crippen LogP contribution in [0.5, 0.6) is 0 Å². The summed E-state index contributed by atoms with van der Waals surface area (Å²) < 4.78 is 0. The van der Waals surface area contributed by atoms with Crippen molar-refractivity contribution in [2.75, 3.05) is 0 Å². The predicted molar refractivity (Wildman–Crippen MR) is 102 cm³/mol. The highest BCUT2D eigenvalue weighted by atomic mass is 35.5. The normalized spacial score (nSPS) is 13.1. The van der Waals surface area contributed by atoms with Crippen LogP contribution in [0.1, 0.15) is 15.9 Å². The third-order valence-electron chi connectivity index (χ3n) is 5.42. The third-order valence-corrected chi connectivity index (χ3v) is 5.79. The van der Waals surface area contributed by atoms with Crippen LogP contribution in [-0.4, -0.2) is 5.78 Å². The van der Waals surface area contributed by atoms with Gasteiger partial charge >= 0.3 is 0 Å². The SMILES string of the molecule is O=C1c2ccccc2-c2c1cc1c(c2Cl)-c2cccc3cccc-1c23. The number of benzene rings is 4. The first kappa shape index (κ1) is 13.4. The average Bonchev–Trinajstić information content (AvgIpc) is 3.12. The summed E-state index contributed by atoms with van der Waals surface area (Å²) >= 11 is 6.92. The molecule has 4 aromatic carbocycles. The van der Waals surface area contributed by atoms with Crippen LogP contribution in [0.3, 0.4) is 0 Å². The molecule has 25 heavy (non-hydrogen) atoms. The minimum absolute atomic E-state index is 0.0680. The van der Waals surface area contributed by atoms with E-state index in [2.05, 4.69) is 36.4 Å². The first-order chi connectivity index (χ1) is 12.3. The zero-order valence-corrected chi connectivity index (χ0v) is 13.9. The molecule has 0 bridgehead atoms. The lowest BCUT2D eigenvalue weighted by atomic mass is 9.96.